The zero-order valence-electron chi connectivity index (χ0n) is 14.0. The van der Waals surface area contributed by atoms with Crippen molar-refractivity contribution in [3.05, 3.63) is 54.2 Å². The predicted molar refractivity (Wildman–Crippen MR) is 101 cm³/mol. The Bertz CT molecular complexity index is 654. The summed E-state index contributed by atoms with van der Waals surface area (Å²) in [4.78, 5) is 18.2. The molecule has 2 aromatic rings. The van der Waals surface area contributed by atoms with Crippen LogP contribution in [0.5, 0.6) is 0 Å². The lowest BCUT2D eigenvalue weighted by molar-refractivity contribution is -0.118. The molecule has 0 bridgehead atoms. The fraction of sp³-hybridized carbons (Fsp3) is 0.278. The molecule has 1 amide bonds. The second-order valence-electron chi connectivity index (χ2n) is 5.01. The summed E-state index contributed by atoms with van der Waals surface area (Å²) in [7, 11) is 0. The van der Waals surface area contributed by atoms with Gasteiger partial charge in [-0.25, -0.2) is 10.4 Å². The number of thioether (sulfide) groups is 1. The number of nitrogens with one attached hydrogen (secondary N) is 1. The van der Waals surface area contributed by atoms with E-state index < -0.39 is 0 Å². The topological polar surface area (TPSA) is 57.6 Å². The minimum atomic E-state index is -0.151. The molecule has 0 fully saturated rings. The van der Waals surface area contributed by atoms with Gasteiger partial charge < -0.3 is 4.90 Å². The van der Waals surface area contributed by atoms with Crippen molar-refractivity contribution in [1.29, 1.82) is 0 Å². The number of pyridine rings is 1. The molecule has 0 atom stereocenters. The Morgan fingerprint density at radius 3 is 2.58 bits per heavy atom. The minimum absolute atomic E-state index is 0.151. The van der Waals surface area contributed by atoms with Gasteiger partial charge in [-0.3, -0.25) is 4.79 Å². The second-order valence-corrected chi connectivity index (χ2v) is 6.01. The summed E-state index contributed by atoms with van der Waals surface area (Å²) in [6.07, 6.45) is 3.36. The molecule has 126 valence electrons. The first-order valence-corrected chi connectivity index (χ1v) is 8.92. The first-order chi connectivity index (χ1) is 11.7. The Labute approximate surface area is 147 Å². The lowest BCUT2D eigenvalue weighted by Gasteiger charge is -2.20. The number of nitrogens with zero attached hydrogens (tertiary/aromatic N) is 3. The van der Waals surface area contributed by atoms with Gasteiger partial charge in [-0.2, -0.15) is 5.10 Å². The summed E-state index contributed by atoms with van der Waals surface area (Å²) in [6, 6.07) is 13.7. The highest BCUT2D eigenvalue weighted by atomic mass is 32.2. The molecule has 0 aliphatic carbocycles. The van der Waals surface area contributed by atoms with E-state index in [2.05, 4.69) is 46.4 Å². The van der Waals surface area contributed by atoms with E-state index in [-0.39, 0.29) is 11.7 Å². The molecule has 2 rings (SSSR count). The van der Waals surface area contributed by atoms with Crippen molar-refractivity contribution in [3.63, 3.8) is 0 Å². The lowest BCUT2D eigenvalue weighted by Crippen LogP contribution is -2.21. The van der Waals surface area contributed by atoms with Gasteiger partial charge in [-0.1, -0.05) is 30.0 Å². The molecule has 0 saturated carbocycles. The Balaban J connectivity index is 1.79. The third-order valence-corrected chi connectivity index (χ3v) is 4.36. The third-order valence-electron chi connectivity index (χ3n) is 3.41. The van der Waals surface area contributed by atoms with E-state index in [1.54, 1.807) is 12.4 Å². The molecule has 0 saturated heterocycles. The van der Waals surface area contributed by atoms with Gasteiger partial charge in [-0.15, -0.1) is 0 Å². The van der Waals surface area contributed by atoms with Crippen LogP contribution in [0.1, 0.15) is 19.4 Å². The van der Waals surface area contributed by atoms with E-state index in [4.69, 9.17) is 0 Å². The normalized spacial score (nSPS) is 10.8. The fourth-order valence-corrected chi connectivity index (χ4v) is 2.80. The van der Waals surface area contributed by atoms with Gasteiger partial charge in [0.25, 0.3) is 0 Å². The maximum absolute atomic E-state index is 11.7. The van der Waals surface area contributed by atoms with Crippen LogP contribution in [0.2, 0.25) is 0 Å². The van der Waals surface area contributed by atoms with Crippen LogP contribution in [0.25, 0.3) is 0 Å². The summed E-state index contributed by atoms with van der Waals surface area (Å²) >= 11 is 1.38. The van der Waals surface area contributed by atoms with E-state index >= 15 is 0 Å². The molecule has 24 heavy (non-hydrogen) atoms. The summed E-state index contributed by atoms with van der Waals surface area (Å²) < 4.78 is 0. The molecule has 0 aliphatic rings. The number of carbonyl (C=O) groups excluding carboxylic acids is 1. The van der Waals surface area contributed by atoms with Crippen LogP contribution >= 0.6 is 11.8 Å². The predicted octanol–water partition coefficient (Wildman–Crippen LogP) is 3.17. The van der Waals surface area contributed by atoms with Crippen molar-refractivity contribution in [2.75, 3.05) is 23.7 Å². The molecular formula is C18H22N4OS. The molecule has 0 aliphatic heterocycles. The van der Waals surface area contributed by atoms with E-state index in [0.29, 0.717) is 0 Å². The van der Waals surface area contributed by atoms with E-state index in [9.17, 15) is 4.79 Å². The summed E-state index contributed by atoms with van der Waals surface area (Å²) in [5, 5.41) is 4.82. The summed E-state index contributed by atoms with van der Waals surface area (Å²) in [6.45, 7) is 6.23. The molecule has 1 N–H and O–H groups in total. The molecule has 1 heterocycles. The number of hydrazone groups is 1. The molecule has 5 nitrogen and oxygen atoms in total. The van der Waals surface area contributed by atoms with Crippen molar-refractivity contribution in [2.24, 2.45) is 5.10 Å². The number of carbonyl (C=O) groups is 1. The molecule has 0 unspecified atom stereocenters. The number of hydrogen-bond donors (Lipinski definition) is 1. The van der Waals surface area contributed by atoms with Crippen LogP contribution in [0, 0.1) is 0 Å². The Kier molecular flexibility index (Phi) is 7.29. The van der Waals surface area contributed by atoms with Crippen LogP contribution in [0.4, 0.5) is 5.69 Å². The highest BCUT2D eigenvalue weighted by molar-refractivity contribution is 7.99. The van der Waals surface area contributed by atoms with Gasteiger partial charge in [0, 0.05) is 25.0 Å². The zero-order valence-corrected chi connectivity index (χ0v) is 14.8. The summed E-state index contributed by atoms with van der Waals surface area (Å²) in [5.74, 6) is 0.136. The fourth-order valence-electron chi connectivity index (χ4n) is 2.14. The van der Waals surface area contributed by atoms with Crippen molar-refractivity contribution in [2.45, 2.75) is 18.9 Å². The van der Waals surface area contributed by atoms with Gasteiger partial charge >= 0.3 is 0 Å². The number of benzene rings is 1. The first kappa shape index (κ1) is 18.0. The Morgan fingerprint density at radius 2 is 1.96 bits per heavy atom. The number of hydrogen-bond acceptors (Lipinski definition) is 5. The highest BCUT2D eigenvalue weighted by Gasteiger charge is 2.02. The maximum Gasteiger partial charge on any atom is 0.250 e. The maximum atomic E-state index is 11.7. The number of aromatic nitrogens is 1. The second kappa shape index (κ2) is 9.72. The average Bonchev–Trinajstić information content (AvgIpc) is 2.63. The van der Waals surface area contributed by atoms with Crippen LogP contribution in [-0.4, -0.2) is 35.9 Å². The van der Waals surface area contributed by atoms with Gasteiger partial charge in [0.1, 0.15) is 0 Å². The first-order valence-electron chi connectivity index (χ1n) is 7.93. The summed E-state index contributed by atoms with van der Waals surface area (Å²) in [5.41, 5.74) is 4.67. The molecule has 6 heteroatoms. The number of amides is 1. The van der Waals surface area contributed by atoms with E-state index in [0.717, 1.165) is 23.7 Å². The average molecular weight is 342 g/mol. The molecule has 0 spiro atoms. The zero-order chi connectivity index (χ0) is 17.2. The Morgan fingerprint density at radius 1 is 1.21 bits per heavy atom. The van der Waals surface area contributed by atoms with Crippen molar-refractivity contribution in [3.8, 4) is 0 Å². The van der Waals surface area contributed by atoms with Crippen LogP contribution < -0.4 is 10.3 Å². The quantitative estimate of drug-likeness (QED) is 0.455. The van der Waals surface area contributed by atoms with E-state index in [1.807, 2.05) is 30.3 Å². The smallest absolute Gasteiger partial charge is 0.250 e. The Hall–Kier alpha value is -2.34. The molecule has 1 aromatic carbocycles. The SMILES string of the molecule is CCN(CC)c1ccc(/C=N\NC(=O)CSc2ccccn2)cc1. The standard InChI is InChI=1S/C18H22N4OS/c1-3-22(4-2)16-10-8-15(9-11-16)13-20-21-17(23)14-24-18-7-5-6-12-19-18/h5-13H,3-4,14H2,1-2H3,(H,21,23)/b20-13-. The third kappa shape index (κ3) is 5.70. The molecule has 0 radical (unpaired) electrons. The van der Waals surface area contributed by atoms with Gasteiger partial charge in [0.05, 0.1) is 17.0 Å². The monoisotopic (exact) mass is 342 g/mol. The van der Waals surface area contributed by atoms with Crippen LogP contribution in [-0.2, 0) is 4.79 Å². The van der Waals surface area contributed by atoms with Crippen LogP contribution in [0.15, 0.2) is 58.8 Å². The minimum Gasteiger partial charge on any atom is -0.372 e. The number of anilines is 1. The van der Waals surface area contributed by atoms with Crippen molar-refractivity contribution < 1.29 is 4.79 Å². The van der Waals surface area contributed by atoms with Crippen molar-refractivity contribution in [1.82, 2.24) is 10.4 Å². The molecular weight excluding hydrogens is 320 g/mol. The van der Waals surface area contributed by atoms with Gasteiger partial charge in [-0.05, 0) is 43.7 Å². The highest BCUT2D eigenvalue weighted by Crippen LogP contribution is 2.14. The van der Waals surface area contributed by atoms with Crippen molar-refractivity contribution >= 4 is 29.6 Å². The van der Waals surface area contributed by atoms with Crippen LogP contribution in [0.3, 0.4) is 0 Å². The van der Waals surface area contributed by atoms with Gasteiger partial charge in [0.15, 0.2) is 0 Å². The largest absolute Gasteiger partial charge is 0.372 e. The number of rotatable bonds is 8. The van der Waals surface area contributed by atoms with Gasteiger partial charge in [0.2, 0.25) is 5.91 Å². The molecule has 1 aromatic heterocycles. The van der Waals surface area contributed by atoms with E-state index in [1.165, 1.54) is 17.4 Å². The lowest BCUT2D eigenvalue weighted by atomic mass is 10.2.